The van der Waals surface area contributed by atoms with Gasteiger partial charge in [0.2, 0.25) is 5.91 Å². The normalized spacial score (nSPS) is 11.2. The highest BCUT2D eigenvalue weighted by atomic mass is 16.3. The molecule has 128 valence electrons. The third kappa shape index (κ3) is 5.37. The Balaban J connectivity index is 1.84. The molecule has 2 rings (SSSR count). The van der Waals surface area contributed by atoms with E-state index in [2.05, 4.69) is 17.5 Å². The predicted octanol–water partition coefficient (Wildman–Crippen LogP) is 4.75. The van der Waals surface area contributed by atoms with E-state index in [9.17, 15) is 9.90 Å². The Hall–Kier alpha value is -2.36. The molecule has 0 aliphatic rings. The van der Waals surface area contributed by atoms with Crippen molar-refractivity contribution in [3.8, 4) is 5.75 Å². The van der Waals surface area contributed by atoms with Crippen LogP contribution in [0.1, 0.15) is 57.4 Å². The number of unbranched alkanes of at least 4 members (excludes halogenated alkanes) is 5. The van der Waals surface area contributed by atoms with Crippen LogP contribution in [-0.4, -0.2) is 17.2 Å². The van der Waals surface area contributed by atoms with Crippen LogP contribution in [0.3, 0.4) is 0 Å². The van der Waals surface area contributed by atoms with Crippen molar-refractivity contribution in [3.63, 3.8) is 0 Å². The molecule has 0 spiro atoms. The minimum atomic E-state index is -0.0820. The Kier molecular flexibility index (Phi) is 7.27. The van der Waals surface area contributed by atoms with Gasteiger partial charge in [-0.05, 0) is 23.3 Å². The van der Waals surface area contributed by atoms with Crippen LogP contribution in [0, 0.1) is 0 Å². The zero-order chi connectivity index (χ0) is 17.2. The largest absolute Gasteiger partial charge is 0.507 e. The summed E-state index contributed by atoms with van der Waals surface area (Å²) in [5.74, 6) is 0.0732. The molecule has 4 heteroatoms. The SMILES string of the molecule is CCCCCCCCC(=O)NN=Cc1c(O)ccc2ccccc12. The second kappa shape index (κ2) is 9.71. The number of hydrazone groups is 1. The monoisotopic (exact) mass is 326 g/mol. The van der Waals surface area contributed by atoms with Gasteiger partial charge in [0.25, 0.3) is 0 Å². The molecule has 24 heavy (non-hydrogen) atoms. The van der Waals surface area contributed by atoms with E-state index in [0.717, 1.165) is 23.6 Å². The molecule has 2 aromatic carbocycles. The molecule has 0 bridgehead atoms. The van der Waals surface area contributed by atoms with E-state index in [-0.39, 0.29) is 11.7 Å². The summed E-state index contributed by atoms with van der Waals surface area (Å²) in [6.07, 6.45) is 8.92. The van der Waals surface area contributed by atoms with Crippen LogP contribution in [-0.2, 0) is 4.79 Å². The Morgan fingerprint density at radius 3 is 2.67 bits per heavy atom. The number of nitrogens with one attached hydrogen (secondary N) is 1. The number of phenolic OH excluding ortho intramolecular Hbond substituents is 1. The molecule has 0 radical (unpaired) electrons. The van der Waals surface area contributed by atoms with Gasteiger partial charge in [0.1, 0.15) is 5.75 Å². The second-order valence-corrected chi connectivity index (χ2v) is 6.03. The van der Waals surface area contributed by atoms with Gasteiger partial charge in [-0.2, -0.15) is 5.10 Å². The molecule has 0 aromatic heterocycles. The number of rotatable bonds is 9. The first-order valence-electron chi connectivity index (χ1n) is 8.75. The maximum Gasteiger partial charge on any atom is 0.240 e. The minimum Gasteiger partial charge on any atom is -0.507 e. The van der Waals surface area contributed by atoms with E-state index >= 15 is 0 Å². The van der Waals surface area contributed by atoms with Crippen molar-refractivity contribution in [1.82, 2.24) is 5.43 Å². The molecular formula is C20H26N2O2. The summed E-state index contributed by atoms with van der Waals surface area (Å²) in [6.45, 7) is 2.19. The fourth-order valence-corrected chi connectivity index (χ4v) is 2.71. The molecule has 2 N–H and O–H groups in total. The number of amides is 1. The molecule has 0 fully saturated rings. The summed E-state index contributed by atoms with van der Waals surface area (Å²) in [5, 5.41) is 15.9. The van der Waals surface area contributed by atoms with Gasteiger partial charge in [-0.3, -0.25) is 4.79 Å². The molecule has 0 aliphatic heterocycles. The number of phenols is 1. The molecule has 0 saturated carbocycles. The van der Waals surface area contributed by atoms with Crippen LogP contribution >= 0.6 is 0 Å². The van der Waals surface area contributed by atoms with E-state index in [1.165, 1.54) is 31.9 Å². The van der Waals surface area contributed by atoms with Crippen molar-refractivity contribution in [2.24, 2.45) is 5.10 Å². The van der Waals surface area contributed by atoms with Crippen LogP contribution in [0.15, 0.2) is 41.5 Å². The van der Waals surface area contributed by atoms with Crippen molar-refractivity contribution in [2.75, 3.05) is 0 Å². The third-order valence-corrected chi connectivity index (χ3v) is 4.09. The topological polar surface area (TPSA) is 61.7 Å². The van der Waals surface area contributed by atoms with E-state index in [1.807, 2.05) is 30.3 Å². The van der Waals surface area contributed by atoms with Crippen LogP contribution < -0.4 is 5.43 Å². The van der Waals surface area contributed by atoms with E-state index in [0.29, 0.717) is 12.0 Å². The first-order valence-corrected chi connectivity index (χ1v) is 8.75. The third-order valence-electron chi connectivity index (χ3n) is 4.09. The molecule has 2 aromatic rings. The van der Waals surface area contributed by atoms with Crippen molar-refractivity contribution in [1.29, 1.82) is 0 Å². The molecular weight excluding hydrogens is 300 g/mol. The lowest BCUT2D eigenvalue weighted by Crippen LogP contribution is -2.16. The molecule has 0 saturated heterocycles. The number of fused-ring (bicyclic) bond motifs is 1. The van der Waals surface area contributed by atoms with Crippen LogP contribution in [0.4, 0.5) is 0 Å². The highest BCUT2D eigenvalue weighted by Gasteiger charge is 2.04. The first-order chi connectivity index (χ1) is 11.7. The van der Waals surface area contributed by atoms with E-state index in [4.69, 9.17) is 0 Å². The fraction of sp³-hybridized carbons (Fsp3) is 0.400. The summed E-state index contributed by atoms with van der Waals surface area (Å²) in [7, 11) is 0. The van der Waals surface area contributed by atoms with Crippen molar-refractivity contribution in [3.05, 3.63) is 42.0 Å². The molecule has 1 amide bonds. The molecule has 0 unspecified atom stereocenters. The summed E-state index contributed by atoms with van der Waals surface area (Å²) in [5.41, 5.74) is 3.16. The lowest BCUT2D eigenvalue weighted by atomic mass is 10.0. The van der Waals surface area contributed by atoms with Crippen molar-refractivity contribution in [2.45, 2.75) is 51.9 Å². The fourth-order valence-electron chi connectivity index (χ4n) is 2.71. The number of carbonyl (C=O) groups excluding carboxylic acids is 1. The molecule has 0 aliphatic carbocycles. The molecule has 0 atom stereocenters. The number of benzene rings is 2. The molecule has 0 heterocycles. The van der Waals surface area contributed by atoms with Crippen LogP contribution in [0.25, 0.3) is 10.8 Å². The highest BCUT2D eigenvalue weighted by molar-refractivity contribution is 6.02. The maximum atomic E-state index is 11.8. The van der Waals surface area contributed by atoms with Gasteiger partial charge in [0, 0.05) is 12.0 Å². The van der Waals surface area contributed by atoms with Crippen molar-refractivity contribution >= 4 is 22.9 Å². The smallest absolute Gasteiger partial charge is 0.240 e. The van der Waals surface area contributed by atoms with Gasteiger partial charge in [0.15, 0.2) is 0 Å². The highest BCUT2D eigenvalue weighted by Crippen LogP contribution is 2.25. The number of aromatic hydroxyl groups is 1. The first kappa shape index (κ1) is 18.0. The zero-order valence-electron chi connectivity index (χ0n) is 14.3. The Morgan fingerprint density at radius 2 is 1.83 bits per heavy atom. The van der Waals surface area contributed by atoms with Gasteiger partial charge in [-0.1, -0.05) is 69.4 Å². The predicted molar refractivity (Wildman–Crippen MR) is 99.3 cm³/mol. The van der Waals surface area contributed by atoms with E-state index < -0.39 is 0 Å². The van der Waals surface area contributed by atoms with Gasteiger partial charge in [-0.15, -0.1) is 0 Å². The number of carbonyl (C=O) groups is 1. The quantitative estimate of drug-likeness (QED) is 0.397. The maximum absolute atomic E-state index is 11.8. The Labute approximate surface area is 143 Å². The van der Waals surface area contributed by atoms with Gasteiger partial charge in [-0.25, -0.2) is 5.43 Å². The lowest BCUT2D eigenvalue weighted by Gasteiger charge is -2.05. The van der Waals surface area contributed by atoms with Crippen LogP contribution in [0.5, 0.6) is 5.75 Å². The summed E-state index contributed by atoms with van der Waals surface area (Å²) in [4.78, 5) is 11.8. The van der Waals surface area contributed by atoms with Crippen molar-refractivity contribution < 1.29 is 9.90 Å². The second-order valence-electron chi connectivity index (χ2n) is 6.03. The zero-order valence-corrected chi connectivity index (χ0v) is 14.3. The summed E-state index contributed by atoms with van der Waals surface area (Å²) >= 11 is 0. The summed E-state index contributed by atoms with van der Waals surface area (Å²) < 4.78 is 0. The number of hydrogen-bond acceptors (Lipinski definition) is 3. The number of hydrogen-bond donors (Lipinski definition) is 2. The average molecular weight is 326 g/mol. The minimum absolute atomic E-state index is 0.0820. The standard InChI is InChI=1S/C20H26N2O2/c1-2-3-4-5-6-7-12-20(24)22-21-15-18-17-11-9-8-10-16(17)13-14-19(18)23/h8-11,13-15,23H,2-7,12H2,1H3,(H,22,24). The summed E-state index contributed by atoms with van der Waals surface area (Å²) in [6, 6.07) is 11.3. The van der Waals surface area contributed by atoms with E-state index in [1.54, 1.807) is 6.07 Å². The van der Waals surface area contributed by atoms with Crippen LogP contribution in [0.2, 0.25) is 0 Å². The van der Waals surface area contributed by atoms with Gasteiger partial charge < -0.3 is 5.11 Å². The van der Waals surface area contributed by atoms with Gasteiger partial charge in [0.05, 0.1) is 6.21 Å². The van der Waals surface area contributed by atoms with Gasteiger partial charge >= 0.3 is 0 Å². The average Bonchev–Trinajstić information content (AvgIpc) is 2.60. The molecule has 4 nitrogen and oxygen atoms in total. The Morgan fingerprint density at radius 1 is 1.08 bits per heavy atom. The Bertz CT molecular complexity index is 695. The number of nitrogens with zero attached hydrogens (tertiary/aromatic N) is 1. The lowest BCUT2D eigenvalue weighted by molar-refractivity contribution is -0.121.